The second-order valence-electron chi connectivity index (χ2n) is 3.82. The molecule has 0 aliphatic carbocycles. The quantitative estimate of drug-likeness (QED) is 0.919. The number of rotatable bonds is 3. The van der Waals surface area contributed by atoms with Crippen LogP contribution in [-0.2, 0) is 6.42 Å². The number of hydrogen-bond donors (Lipinski definition) is 1. The van der Waals surface area contributed by atoms with Gasteiger partial charge in [0, 0.05) is 10.9 Å². The first-order valence-corrected chi connectivity index (χ1v) is 6.35. The highest BCUT2D eigenvalue weighted by Crippen LogP contribution is 2.24. The van der Waals surface area contributed by atoms with Crippen molar-refractivity contribution < 1.29 is 18.0 Å². The monoisotopic (exact) mass is 329 g/mol. The smallest absolute Gasteiger partial charge is 0.291 e. The maximum atomic E-state index is 13.5. The van der Waals surface area contributed by atoms with Gasteiger partial charge in [0.1, 0.15) is 11.4 Å². The van der Waals surface area contributed by atoms with Crippen molar-refractivity contribution >= 4 is 27.5 Å². The Balaban J connectivity index is 2.24. The topological polar surface area (TPSA) is 42.2 Å². The molecule has 0 bridgehead atoms. The van der Waals surface area contributed by atoms with Crippen molar-refractivity contribution in [1.29, 1.82) is 0 Å². The zero-order valence-corrected chi connectivity index (χ0v) is 11.6. The standard InChI is InChI=1S/C13H10BrF2NO2/c1-2-8-3-4-11(19-8)13(18)17-12-9(15)5-7(14)6-10(12)16/h3-6H,2H2,1H3,(H,17,18). The Hall–Kier alpha value is -1.69. The molecule has 0 spiro atoms. The average Bonchev–Trinajstić information content (AvgIpc) is 2.82. The zero-order valence-electron chi connectivity index (χ0n) is 9.97. The van der Waals surface area contributed by atoms with Crippen LogP contribution >= 0.6 is 15.9 Å². The predicted molar refractivity (Wildman–Crippen MR) is 70.1 cm³/mol. The Labute approximate surface area is 116 Å². The molecule has 6 heteroatoms. The Morgan fingerprint density at radius 2 is 1.95 bits per heavy atom. The number of carbonyl (C=O) groups is 1. The highest BCUT2D eigenvalue weighted by Gasteiger charge is 2.17. The van der Waals surface area contributed by atoms with Crippen LogP contribution < -0.4 is 5.32 Å². The van der Waals surface area contributed by atoms with E-state index in [1.807, 2.05) is 6.92 Å². The molecule has 1 aromatic heterocycles. The van der Waals surface area contributed by atoms with Crippen LogP contribution in [0.3, 0.4) is 0 Å². The molecule has 0 atom stereocenters. The lowest BCUT2D eigenvalue weighted by molar-refractivity contribution is 0.0994. The number of aryl methyl sites for hydroxylation is 1. The zero-order chi connectivity index (χ0) is 14.0. The van der Waals surface area contributed by atoms with E-state index in [-0.39, 0.29) is 10.2 Å². The molecule has 0 radical (unpaired) electrons. The number of nitrogens with one attached hydrogen (secondary N) is 1. The second-order valence-corrected chi connectivity index (χ2v) is 4.73. The summed E-state index contributed by atoms with van der Waals surface area (Å²) in [7, 11) is 0. The Kier molecular flexibility index (Phi) is 3.99. The summed E-state index contributed by atoms with van der Waals surface area (Å²) in [5.41, 5.74) is -0.498. The van der Waals surface area contributed by atoms with Crippen molar-refractivity contribution in [3.05, 3.63) is 51.9 Å². The van der Waals surface area contributed by atoms with Gasteiger partial charge in [0.25, 0.3) is 5.91 Å². The van der Waals surface area contributed by atoms with Gasteiger partial charge in [-0.3, -0.25) is 4.79 Å². The van der Waals surface area contributed by atoms with Crippen molar-refractivity contribution in [1.82, 2.24) is 0 Å². The number of furan rings is 1. The molecule has 2 aromatic rings. The van der Waals surface area contributed by atoms with E-state index in [1.165, 1.54) is 6.07 Å². The summed E-state index contributed by atoms with van der Waals surface area (Å²) in [6, 6.07) is 5.24. The van der Waals surface area contributed by atoms with Gasteiger partial charge in [-0.05, 0) is 24.3 Å². The van der Waals surface area contributed by atoms with Crippen molar-refractivity contribution in [3.8, 4) is 0 Å². The normalized spacial score (nSPS) is 10.5. The molecule has 0 aliphatic heterocycles. The number of benzene rings is 1. The minimum atomic E-state index is -0.859. The average molecular weight is 330 g/mol. The van der Waals surface area contributed by atoms with Crippen LogP contribution in [0.2, 0.25) is 0 Å². The first-order valence-electron chi connectivity index (χ1n) is 5.56. The molecular formula is C13H10BrF2NO2. The van der Waals surface area contributed by atoms with E-state index in [0.29, 0.717) is 12.2 Å². The molecular weight excluding hydrogens is 320 g/mol. The van der Waals surface area contributed by atoms with Crippen LogP contribution in [0.15, 0.2) is 33.2 Å². The fraction of sp³-hybridized carbons (Fsp3) is 0.154. The van der Waals surface area contributed by atoms with E-state index >= 15 is 0 Å². The van der Waals surface area contributed by atoms with E-state index in [2.05, 4.69) is 21.2 Å². The molecule has 0 saturated carbocycles. The highest BCUT2D eigenvalue weighted by molar-refractivity contribution is 9.10. The summed E-state index contributed by atoms with van der Waals surface area (Å²) in [6.45, 7) is 1.87. The van der Waals surface area contributed by atoms with Crippen LogP contribution in [0.25, 0.3) is 0 Å². The van der Waals surface area contributed by atoms with Crippen LogP contribution in [0.5, 0.6) is 0 Å². The van der Waals surface area contributed by atoms with E-state index in [1.54, 1.807) is 6.07 Å². The molecule has 0 unspecified atom stereocenters. The summed E-state index contributed by atoms with van der Waals surface area (Å²) < 4.78 is 32.5. The molecule has 1 heterocycles. The Bertz CT molecular complexity index is 602. The Morgan fingerprint density at radius 3 is 2.47 bits per heavy atom. The van der Waals surface area contributed by atoms with Crippen LogP contribution in [0.4, 0.5) is 14.5 Å². The van der Waals surface area contributed by atoms with Crippen LogP contribution in [0, 0.1) is 11.6 Å². The SMILES string of the molecule is CCc1ccc(C(=O)Nc2c(F)cc(Br)cc2F)o1. The first-order chi connectivity index (χ1) is 9.01. The molecule has 1 amide bonds. The lowest BCUT2D eigenvalue weighted by Crippen LogP contribution is -2.13. The van der Waals surface area contributed by atoms with Gasteiger partial charge < -0.3 is 9.73 Å². The van der Waals surface area contributed by atoms with Gasteiger partial charge >= 0.3 is 0 Å². The molecule has 3 nitrogen and oxygen atoms in total. The third-order valence-corrected chi connectivity index (χ3v) is 2.94. The predicted octanol–water partition coefficient (Wildman–Crippen LogP) is 4.14. The molecule has 0 fully saturated rings. The summed E-state index contributed by atoms with van der Waals surface area (Å²) >= 11 is 2.96. The summed E-state index contributed by atoms with van der Waals surface area (Å²) in [5, 5.41) is 2.16. The van der Waals surface area contributed by atoms with Crippen LogP contribution in [0.1, 0.15) is 23.2 Å². The van der Waals surface area contributed by atoms with Gasteiger partial charge in [0.15, 0.2) is 17.4 Å². The molecule has 1 aromatic carbocycles. The van der Waals surface area contributed by atoms with E-state index < -0.39 is 23.2 Å². The third-order valence-electron chi connectivity index (χ3n) is 2.48. The third kappa shape index (κ3) is 3.01. The van der Waals surface area contributed by atoms with Gasteiger partial charge in [0.05, 0.1) is 0 Å². The van der Waals surface area contributed by atoms with Crippen molar-refractivity contribution in [2.24, 2.45) is 0 Å². The molecule has 19 heavy (non-hydrogen) atoms. The number of halogens is 3. The van der Waals surface area contributed by atoms with Crippen molar-refractivity contribution in [3.63, 3.8) is 0 Å². The molecule has 2 rings (SSSR count). The molecule has 0 saturated heterocycles. The van der Waals surface area contributed by atoms with Gasteiger partial charge in [0.2, 0.25) is 0 Å². The van der Waals surface area contributed by atoms with Gasteiger partial charge in [-0.1, -0.05) is 22.9 Å². The number of anilines is 1. The van der Waals surface area contributed by atoms with E-state index in [0.717, 1.165) is 12.1 Å². The maximum absolute atomic E-state index is 13.5. The highest BCUT2D eigenvalue weighted by atomic mass is 79.9. The second kappa shape index (κ2) is 5.52. The van der Waals surface area contributed by atoms with Gasteiger partial charge in [-0.25, -0.2) is 8.78 Å². The minimum absolute atomic E-state index is 0.0126. The fourth-order valence-electron chi connectivity index (χ4n) is 1.53. The van der Waals surface area contributed by atoms with Gasteiger partial charge in [-0.15, -0.1) is 0 Å². The summed E-state index contributed by atoms with van der Waals surface area (Å²) in [4.78, 5) is 11.8. The number of carbonyl (C=O) groups excluding carboxylic acids is 1. The van der Waals surface area contributed by atoms with Crippen LogP contribution in [-0.4, -0.2) is 5.91 Å². The van der Waals surface area contributed by atoms with Crippen molar-refractivity contribution in [2.45, 2.75) is 13.3 Å². The molecule has 100 valence electrons. The first kappa shape index (κ1) is 13.7. The summed E-state index contributed by atoms with van der Waals surface area (Å²) in [5.74, 6) is -1.77. The number of amides is 1. The lowest BCUT2D eigenvalue weighted by atomic mass is 10.3. The maximum Gasteiger partial charge on any atom is 0.291 e. The van der Waals surface area contributed by atoms with E-state index in [4.69, 9.17) is 4.42 Å². The minimum Gasteiger partial charge on any atom is -0.456 e. The summed E-state index contributed by atoms with van der Waals surface area (Å²) in [6.07, 6.45) is 0.633. The van der Waals surface area contributed by atoms with Gasteiger partial charge in [-0.2, -0.15) is 0 Å². The van der Waals surface area contributed by atoms with Crippen molar-refractivity contribution in [2.75, 3.05) is 5.32 Å². The lowest BCUT2D eigenvalue weighted by Gasteiger charge is -2.06. The largest absolute Gasteiger partial charge is 0.456 e. The fourth-order valence-corrected chi connectivity index (χ4v) is 1.93. The molecule has 1 N–H and O–H groups in total. The molecule has 0 aliphatic rings. The van der Waals surface area contributed by atoms with E-state index in [9.17, 15) is 13.6 Å². The Morgan fingerprint density at radius 1 is 1.32 bits per heavy atom. The number of hydrogen-bond acceptors (Lipinski definition) is 2.